The third kappa shape index (κ3) is 2.91. The lowest BCUT2D eigenvalue weighted by atomic mass is 10.2. The van der Waals surface area contributed by atoms with Crippen LogP contribution >= 0.6 is 0 Å². The van der Waals surface area contributed by atoms with Crippen molar-refractivity contribution in [1.82, 2.24) is 0 Å². The molecule has 0 aliphatic rings. The second kappa shape index (κ2) is 4.67. The van der Waals surface area contributed by atoms with Gasteiger partial charge in [0.15, 0.2) is 0 Å². The standard InChI is InChI=1S/C9H12O4/c1-2-12-9(11)6-7(10)8-4-3-5-13-8/h3-5,7,10H,2,6H2,1H3. The molecule has 1 heterocycles. The number of aliphatic hydroxyl groups excluding tert-OH is 1. The van der Waals surface area contributed by atoms with Crippen LogP contribution in [0.15, 0.2) is 22.8 Å². The highest BCUT2D eigenvalue weighted by Gasteiger charge is 2.15. The van der Waals surface area contributed by atoms with Crippen molar-refractivity contribution in [3.63, 3.8) is 0 Å². The van der Waals surface area contributed by atoms with Gasteiger partial charge in [0, 0.05) is 0 Å². The number of rotatable bonds is 4. The van der Waals surface area contributed by atoms with Crippen LogP contribution in [0.2, 0.25) is 0 Å². The average molecular weight is 184 g/mol. The maximum absolute atomic E-state index is 10.9. The molecule has 0 amide bonds. The van der Waals surface area contributed by atoms with Gasteiger partial charge in [0.25, 0.3) is 0 Å². The molecule has 0 bridgehead atoms. The number of carbonyl (C=O) groups excluding carboxylic acids is 1. The minimum absolute atomic E-state index is 0.0681. The van der Waals surface area contributed by atoms with Crippen molar-refractivity contribution in [2.75, 3.05) is 6.61 Å². The molecule has 0 radical (unpaired) electrons. The number of hydrogen-bond acceptors (Lipinski definition) is 4. The Kier molecular flexibility index (Phi) is 3.52. The highest BCUT2D eigenvalue weighted by atomic mass is 16.5. The number of hydrogen-bond donors (Lipinski definition) is 1. The van der Waals surface area contributed by atoms with Crippen molar-refractivity contribution in [2.45, 2.75) is 19.4 Å². The van der Waals surface area contributed by atoms with Crippen molar-refractivity contribution in [3.8, 4) is 0 Å². The van der Waals surface area contributed by atoms with Gasteiger partial charge < -0.3 is 14.3 Å². The van der Waals surface area contributed by atoms with Gasteiger partial charge in [-0.25, -0.2) is 0 Å². The Balaban J connectivity index is 2.42. The van der Waals surface area contributed by atoms with Crippen LogP contribution < -0.4 is 0 Å². The first-order valence-electron chi connectivity index (χ1n) is 4.11. The predicted octanol–water partition coefficient (Wildman–Crippen LogP) is 1.27. The molecule has 0 saturated heterocycles. The molecule has 4 heteroatoms. The summed E-state index contributed by atoms with van der Waals surface area (Å²) in [6, 6.07) is 3.27. The van der Waals surface area contributed by atoms with E-state index in [0.717, 1.165) is 0 Å². The molecule has 0 aliphatic carbocycles. The van der Waals surface area contributed by atoms with Gasteiger partial charge in [-0.15, -0.1) is 0 Å². The average Bonchev–Trinajstić information content (AvgIpc) is 2.55. The fraction of sp³-hybridized carbons (Fsp3) is 0.444. The van der Waals surface area contributed by atoms with Crippen LogP contribution in [-0.4, -0.2) is 17.7 Å². The quantitative estimate of drug-likeness (QED) is 0.716. The van der Waals surface area contributed by atoms with E-state index in [1.54, 1.807) is 19.1 Å². The smallest absolute Gasteiger partial charge is 0.308 e. The van der Waals surface area contributed by atoms with Crippen molar-refractivity contribution in [3.05, 3.63) is 24.2 Å². The number of ether oxygens (including phenoxy) is 1. The molecule has 0 spiro atoms. The van der Waals surface area contributed by atoms with Crippen LogP contribution in [-0.2, 0) is 9.53 Å². The predicted molar refractivity (Wildman–Crippen MR) is 44.9 cm³/mol. The summed E-state index contributed by atoms with van der Waals surface area (Å²) in [5.41, 5.74) is 0. The molecule has 1 rings (SSSR count). The normalized spacial score (nSPS) is 12.5. The summed E-state index contributed by atoms with van der Waals surface area (Å²) < 4.78 is 9.59. The lowest BCUT2D eigenvalue weighted by molar-refractivity contribution is -0.145. The van der Waals surface area contributed by atoms with E-state index in [2.05, 4.69) is 4.74 Å². The van der Waals surface area contributed by atoms with Gasteiger partial charge in [-0.2, -0.15) is 0 Å². The van der Waals surface area contributed by atoms with Crippen molar-refractivity contribution in [1.29, 1.82) is 0 Å². The molecule has 1 aromatic rings. The first-order valence-corrected chi connectivity index (χ1v) is 4.11. The molecular formula is C9H12O4. The Morgan fingerprint density at radius 1 is 1.77 bits per heavy atom. The Morgan fingerprint density at radius 3 is 3.08 bits per heavy atom. The van der Waals surface area contributed by atoms with Crippen LogP contribution in [0.3, 0.4) is 0 Å². The van der Waals surface area contributed by atoms with Gasteiger partial charge in [0.2, 0.25) is 0 Å². The van der Waals surface area contributed by atoms with E-state index >= 15 is 0 Å². The summed E-state index contributed by atoms with van der Waals surface area (Å²) >= 11 is 0. The monoisotopic (exact) mass is 184 g/mol. The minimum atomic E-state index is -0.908. The number of carbonyl (C=O) groups is 1. The lowest BCUT2D eigenvalue weighted by Crippen LogP contribution is -2.09. The van der Waals surface area contributed by atoms with Crippen molar-refractivity contribution >= 4 is 5.97 Å². The third-order valence-electron chi connectivity index (χ3n) is 1.54. The van der Waals surface area contributed by atoms with Gasteiger partial charge in [-0.3, -0.25) is 4.79 Å². The molecule has 13 heavy (non-hydrogen) atoms. The molecule has 0 fully saturated rings. The van der Waals surface area contributed by atoms with Crippen molar-refractivity contribution in [2.24, 2.45) is 0 Å². The maximum atomic E-state index is 10.9. The molecule has 1 aromatic heterocycles. The maximum Gasteiger partial charge on any atom is 0.308 e. The lowest BCUT2D eigenvalue weighted by Gasteiger charge is -2.06. The van der Waals surface area contributed by atoms with Gasteiger partial charge in [0.1, 0.15) is 11.9 Å². The largest absolute Gasteiger partial charge is 0.467 e. The molecule has 1 N–H and O–H groups in total. The Bertz CT molecular complexity index is 253. The number of aliphatic hydroxyl groups is 1. The fourth-order valence-electron chi connectivity index (χ4n) is 0.959. The van der Waals surface area contributed by atoms with E-state index < -0.39 is 12.1 Å². The molecule has 4 nitrogen and oxygen atoms in total. The van der Waals surface area contributed by atoms with Gasteiger partial charge >= 0.3 is 5.97 Å². The summed E-state index contributed by atoms with van der Waals surface area (Å²) in [5.74, 6) is -0.0422. The van der Waals surface area contributed by atoms with Crippen molar-refractivity contribution < 1.29 is 19.1 Å². The zero-order valence-corrected chi connectivity index (χ0v) is 7.40. The Hall–Kier alpha value is -1.29. The van der Waals surface area contributed by atoms with E-state index in [-0.39, 0.29) is 6.42 Å². The highest BCUT2D eigenvalue weighted by molar-refractivity contribution is 5.70. The SMILES string of the molecule is CCOC(=O)CC(O)c1ccco1. The topological polar surface area (TPSA) is 59.7 Å². The van der Waals surface area contributed by atoms with Gasteiger partial charge in [-0.05, 0) is 19.1 Å². The Labute approximate surface area is 76.1 Å². The van der Waals surface area contributed by atoms with Crippen LogP contribution in [0, 0.1) is 0 Å². The van der Waals surface area contributed by atoms with Crippen LogP contribution in [0.4, 0.5) is 0 Å². The van der Waals surface area contributed by atoms with Crippen LogP contribution in [0.1, 0.15) is 25.2 Å². The first-order chi connectivity index (χ1) is 6.24. The molecule has 1 unspecified atom stereocenters. The van der Waals surface area contributed by atoms with E-state index in [9.17, 15) is 9.90 Å². The number of esters is 1. The molecule has 0 aliphatic heterocycles. The van der Waals surface area contributed by atoms with E-state index in [1.807, 2.05) is 0 Å². The molecular weight excluding hydrogens is 172 g/mol. The summed E-state index contributed by atoms with van der Waals surface area (Å²) in [5, 5.41) is 9.41. The summed E-state index contributed by atoms with van der Waals surface area (Å²) in [6.45, 7) is 2.04. The van der Waals surface area contributed by atoms with E-state index in [0.29, 0.717) is 12.4 Å². The van der Waals surface area contributed by atoms with E-state index in [4.69, 9.17) is 4.42 Å². The highest BCUT2D eigenvalue weighted by Crippen LogP contribution is 2.16. The fourth-order valence-corrected chi connectivity index (χ4v) is 0.959. The Morgan fingerprint density at radius 2 is 2.54 bits per heavy atom. The zero-order chi connectivity index (χ0) is 9.68. The summed E-state index contributed by atoms with van der Waals surface area (Å²) in [7, 11) is 0. The van der Waals surface area contributed by atoms with Gasteiger partial charge in [-0.1, -0.05) is 0 Å². The molecule has 1 atom stereocenters. The zero-order valence-electron chi connectivity index (χ0n) is 7.40. The molecule has 0 saturated carbocycles. The second-order valence-electron chi connectivity index (χ2n) is 2.54. The molecule has 72 valence electrons. The summed E-state index contributed by atoms with van der Waals surface area (Å²) in [6.07, 6.45) is 0.472. The van der Waals surface area contributed by atoms with Gasteiger partial charge in [0.05, 0.1) is 19.3 Å². The van der Waals surface area contributed by atoms with Crippen LogP contribution in [0.25, 0.3) is 0 Å². The minimum Gasteiger partial charge on any atom is -0.467 e. The first kappa shape index (κ1) is 9.80. The number of furan rings is 1. The summed E-state index contributed by atoms with van der Waals surface area (Å²) in [4.78, 5) is 10.9. The second-order valence-corrected chi connectivity index (χ2v) is 2.54. The molecule has 0 aromatic carbocycles. The van der Waals surface area contributed by atoms with Crippen LogP contribution in [0.5, 0.6) is 0 Å². The van der Waals surface area contributed by atoms with E-state index in [1.165, 1.54) is 6.26 Å². The third-order valence-corrected chi connectivity index (χ3v) is 1.54.